The first-order chi connectivity index (χ1) is 7.84. The quantitative estimate of drug-likeness (QED) is 0.260. The Hall–Kier alpha value is -1.26. The number of hydrogen-bond donors (Lipinski definition) is 6. The van der Waals surface area contributed by atoms with E-state index in [1.807, 2.05) is 5.32 Å². The Labute approximate surface area is 96.8 Å². The van der Waals surface area contributed by atoms with E-state index < -0.39 is 42.8 Å². The fraction of sp³-hybridized carbons (Fsp3) is 0.750. The van der Waals surface area contributed by atoms with Crippen molar-refractivity contribution in [1.82, 2.24) is 5.32 Å². The van der Waals surface area contributed by atoms with Crippen LogP contribution in [0.1, 0.15) is 6.92 Å². The van der Waals surface area contributed by atoms with Crippen LogP contribution in [0.25, 0.3) is 0 Å². The minimum Gasteiger partial charge on any atom is -0.394 e. The summed E-state index contributed by atoms with van der Waals surface area (Å²) in [4.78, 5) is 25.7. The second-order valence-corrected chi connectivity index (χ2v) is 3.35. The second-order valence-electron chi connectivity index (χ2n) is 3.35. The molecular formula is C8H16N2O7. The summed E-state index contributed by atoms with van der Waals surface area (Å²) in [5, 5.41) is 38.5. The van der Waals surface area contributed by atoms with Crippen LogP contribution in [-0.4, -0.2) is 63.3 Å². The minimum atomic E-state index is -1.88. The molecule has 4 atom stereocenters. The summed E-state index contributed by atoms with van der Waals surface area (Å²) in [6, 6.07) is -1.64. The first-order valence-corrected chi connectivity index (χ1v) is 4.67. The average molecular weight is 252 g/mol. The number of nitrogens with two attached hydrogens (primary N) is 1. The van der Waals surface area contributed by atoms with E-state index in [0.717, 1.165) is 6.92 Å². The minimum absolute atomic E-state index is 0.676. The molecular weight excluding hydrogens is 236 g/mol. The molecule has 7 N–H and O–H groups in total. The zero-order valence-electron chi connectivity index (χ0n) is 9.11. The maximum atomic E-state index is 11.1. The van der Waals surface area contributed by atoms with Gasteiger partial charge in [0.05, 0.1) is 6.61 Å². The van der Waals surface area contributed by atoms with Crippen molar-refractivity contribution < 1.29 is 34.9 Å². The highest BCUT2D eigenvalue weighted by Crippen LogP contribution is 2.06. The monoisotopic (exact) mass is 252 g/mol. The molecule has 1 amide bonds. The van der Waals surface area contributed by atoms with Gasteiger partial charge in [0.15, 0.2) is 6.04 Å². The molecule has 0 aromatic carbocycles. The highest BCUT2D eigenvalue weighted by atomic mass is 16.7. The van der Waals surface area contributed by atoms with Gasteiger partial charge >= 0.3 is 5.97 Å². The fourth-order valence-electron chi connectivity index (χ4n) is 1.11. The zero-order valence-corrected chi connectivity index (χ0v) is 9.11. The second kappa shape index (κ2) is 7.14. The molecule has 0 spiro atoms. The summed E-state index contributed by atoms with van der Waals surface area (Å²) in [6.45, 7) is 0.237. The number of carbonyl (C=O) groups is 2. The maximum Gasteiger partial charge on any atom is 0.349 e. The average Bonchev–Trinajstić information content (AvgIpc) is 2.31. The molecule has 0 saturated heterocycles. The summed E-state index contributed by atoms with van der Waals surface area (Å²) in [7, 11) is 0. The van der Waals surface area contributed by atoms with Gasteiger partial charge in [-0.3, -0.25) is 4.79 Å². The lowest BCUT2D eigenvalue weighted by Crippen LogP contribution is -2.56. The standard InChI is InChI=1S/C8H16N2O7/c1-3(12)10-5(8(16)17-9)7(15)6(14)4(13)2-11/h4-7,11,13-15H,2,9H2,1H3,(H,10,12)/t4-,5-,6-,7-/m1/s1. The highest BCUT2D eigenvalue weighted by molar-refractivity contribution is 5.83. The predicted octanol–water partition coefficient (Wildman–Crippen LogP) is -4.02. The summed E-state index contributed by atoms with van der Waals surface area (Å²) >= 11 is 0. The Kier molecular flexibility index (Phi) is 6.61. The summed E-state index contributed by atoms with van der Waals surface area (Å²) in [5.41, 5.74) is 0. The number of rotatable bonds is 6. The molecule has 0 rings (SSSR count). The largest absolute Gasteiger partial charge is 0.394 e. The van der Waals surface area contributed by atoms with Gasteiger partial charge in [-0.25, -0.2) is 4.79 Å². The molecule has 100 valence electrons. The molecule has 0 unspecified atom stereocenters. The Bertz CT molecular complexity index is 273. The number of hydrogen-bond acceptors (Lipinski definition) is 8. The van der Waals surface area contributed by atoms with Crippen LogP contribution in [0.5, 0.6) is 0 Å². The number of carbonyl (C=O) groups excluding carboxylic acids is 2. The predicted molar refractivity (Wildman–Crippen MR) is 53.0 cm³/mol. The number of nitrogens with one attached hydrogen (secondary N) is 1. The maximum absolute atomic E-state index is 11.1. The van der Waals surface area contributed by atoms with E-state index in [1.54, 1.807) is 0 Å². The van der Waals surface area contributed by atoms with E-state index in [2.05, 4.69) is 10.7 Å². The lowest BCUT2D eigenvalue weighted by molar-refractivity contribution is -0.157. The molecule has 0 radical (unpaired) electrons. The van der Waals surface area contributed by atoms with Crippen LogP contribution >= 0.6 is 0 Å². The number of aliphatic hydroxyl groups is 4. The van der Waals surface area contributed by atoms with Crippen LogP contribution in [0.4, 0.5) is 0 Å². The van der Waals surface area contributed by atoms with Crippen LogP contribution in [0, 0.1) is 0 Å². The van der Waals surface area contributed by atoms with Crippen LogP contribution in [0.2, 0.25) is 0 Å². The SMILES string of the molecule is CC(=O)N[C@@H](C(=O)ON)[C@@H](O)[C@H](O)[C@H](O)CO. The number of amides is 1. The van der Waals surface area contributed by atoms with Gasteiger partial charge in [0.25, 0.3) is 0 Å². The van der Waals surface area contributed by atoms with Gasteiger partial charge in [0.1, 0.15) is 18.3 Å². The van der Waals surface area contributed by atoms with Gasteiger partial charge in [-0.05, 0) is 0 Å². The van der Waals surface area contributed by atoms with Crippen molar-refractivity contribution >= 4 is 11.9 Å². The van der Waals surface area contributed by atoms with E-state index >= 15 is 0 Å². The van der Waals surface area contributed by atoms with Crippen molar-refractivity contribution in [3.8, 4) is 0 Å². The van der Waals surface area contributed by atoms with Crippen molar-refractivity contribution in [2.75, 3.05) is 6.61 Å². The van der Waals surface area contributed by atoms with E-state index in [9.17, 15) is 19.8 Å². The highest BCUT2D eigenvalue weighted by Gasteiger charge is 2.37. The van der Waals surface area contributed by atoms with E-state index in [4.69, 9.17) is 10.2 Å². The Balaban J connectivity index is 4.78. The lowest BCUT2D eigenvalue weighted by atomic mass is 10.0. The van der Waals surface area contributed by atoms with Crippen LogP contribution in [0.3, 0.4) is 0 Å². The van der Waals surface area contributed by atoms with Crippen molar-refractivity contribution in [3.63, 3.8) is 0 Å². The Morgan fingerprint density at radius 3 is 2.18 bits per heavy atom. The van der Waals surface area contributed by atoms with Crippen molar-refractivity contribution in [3.05, 3.63) is 0 Å². The lowest BCUT2D eigenvalue weighted by Gasteiger charge is -2.27. The summed E-state index contributed by atoms with van der Waals surface area (Å²) < 4.78 is 0. The molecule has 0 fully saturated rings. The zero-order chi connectivity index (χ0) is 13.6. The molecule has 0 aliphatic heterocycles. The molecule has 0 aromatic rings. The van der Waals surface area contributed by atoms with Crippen molar-refractivity contribution in [2.24, 2.45) is 5.90 Å². The van der Waals surface area contributed by atoms with Gasteiger partial charge in [0, 0.05) is 6.92 Å². The van der Waals surface area contributed by atoms with Gasteiger partial charge in [-0.15, -0.1) is 0 Å². The van der Waals surface area contributed by atoms with Gasteiger partial charge in [-0.1, -0.05) is 0 Å². The topological polar surface area (TPSA) is 162 Å². The van der Waals surface area contributed by atoms with Gasteiger partial charge < -0.3 is 30.6 Å². The Morgan fingerprint density at radius 1 is 1.29 bits per heavy atom. The molecule has 9 heteroatoms. The summed E-state index contributed by atoms with van der Waals surface area (Å²) in [6.07, 6.45) is -5.40. The van der Waals surface area contributed by atoms with E-state index in [-0.39, 0.29) is 0 Å². The first-order valence-electron chi connectivity index (χ1n) is 4.67. The van der Waals surface area contributed by atoms with Gasteiger partial charge in [-0.2, -0.15) is 5.90 Å². The van der Waals surface area contributed by atoms with Crippen molar-refractivity contribution in [2.45, 2.75) is 31.3 Å². The normalized spacial score (nSPS) is 17.8. The van der Waals surface area contributed by atoms with Crippen LogP contribution in [0.15, 0.2) is 0 Å². The third kappa shape index (κ3) is 4.63. The first kappa shape index (κ1) is 15.7. The number of aliphatic hydroxyl groups excluding tert-OH is 4. The van der Waals surface area contributed by atoms with E-state index in [0.29, 0.717) is 0 Å². The molecule has 0 aliphatic rings. The third-order valence-electron chi connectivity index (χ3n) is 2.00. The van der Waals surface area contributed by atoms with Crippen LogP contribution in [-0.2, 0) is 14.4 Å². The van der Waals surface area contributed by atoms with Crippen LogP contribution < -0.4 is 11.2 Å². The molecule has 9 nitrogen and oxygen atoms in total. The van der Waals surface area contributed by atoms with Crippen molar-refractivity contribution in [1.29, 1.82) is 0 Å². The smallest absolute Gasteiger partial charge is 0.349 e. The Morgan fingerprint density at radius 2 is 1.82 bits per heavy atom. The molecule has 0 bridgehead atoms. The van der Waals surface area contributed by atoms with Gasteiger partial charge in [0.2, 0.25) is 5.91 Å². The third-order valence-corrected chi connectivity index (χ3v) is 2.00. The van der Waals surface area contributed by atoms with E-state index in [1.165, 1.54) is 0 Å². The summed E-state index contributed by atoms with van der Waals surface area (Å²) in [5.74, 6) is 2.72. The molecule has 0 saturated carbocycles. The molecule has 0 heterocycles. The molecule has 0 aromatic heterocycles. The molecule has 17 heavy (non-hydrogen) atoms. The molecule has 0 aliphatic carbocycles. The fourth-order valence-corrected chi connectivity index (χ4v) is 1.11.